The first-order chi connectivity index (χ1) is 8.77. The third-order valence-corrected chi connectivity index (χ3v) is 2.40. The molecule has 1 rings (SSSR count). The summed E-state index contributed by atoms with van der Waals surface area (Å²) in [7, 11) is 1.63. The van der Waals surface area contributed by atoms with Gasteiger partial charge in [0.1, 0.15) is 5.75 Å². The van der Waals surface area contributed by atoms with Crippen LogP contribution in [0.5, 0.6) is 5.75 Å². The van der Waals surface area contributed by atoms with Crippen molar-refractivity contribution in [3.63, 3.8) is 0 Å². The molecule has 1 heterocycles. The van der Waals surface area contributed by atoms with E-state index in [0.29, 0.717) is 38.6 Å². The summed E-state index contributed by atoms with van der Waals surface area (Å²) in [6.07, 6.45) is 3.22. The standard InChI is InChI=1S/C13H21NO4/c1-3-18-12-8-11(9-14-10-12)13(15)4-5-17-7-6-16-2/h8-10,13,15H,3-7H2,1-2H3. The SMILES string of the molecule is CCOc1cncc(C(O)CCOCCOC)c1. The number of aliphatic hydroxyl groups excluding tert-OH is 1. The molecule has 1 aromatic rings. The summed E-state index contributed by atoms with van der Waals surface area (Å²) in [5.74, 6) is 0.675. The third kappa shape index (κ3) is 5.44. The quantitative estimate of drug-likeness (QED) is 0.679. The van der Waals surface area contributed by atoms with Crippen LogP contribution in [0, 0.1) is 0 Å². The molecule has 0 spiro atoms. The Morgan fingerprint density at radius 2 is 2.11 bits per heavy atom. The van der Waals surface area contributed by atoms with Gasteiger partial charge in [0.25, 0.3) is 0 Å². The Kier molecular flexibility index (Phi) is 7.32. The van der Waals surface area contributed by atoms with Gasteiger partial charge in [-0.05, 0) is 13.0 Å². The molecule has 0 amide bonds. The van der Waals surface area contributed by atoms with Crippen molar-refractivity contribution in [3.05, 3.63) is 24.0 Å². The van der Waals surface area contributed by atoms with E-state index < -0.39 is 6.10 Å². The number of pyridine rings is 1. The normalized spacial score (nSPS) is 12.4. The number of rotatable bonds is 9. The van der Waals surface area contributed by atoms with E-state index >= 15 is 0 Å². The van der Waals surface area contributed by atoms with E-state index in [-0.39, 0.29) is 0 Å². The van der Waals surface area contributed by atoms with Gasteiger partial charge in [-0.1, -0.05) is 0 Å². The molecule has 0 aliphatic carbocycles. The fraction of sp³-hybridized carbons (Fsp3) is 0.615. The van der Waals surface area contributed by atoms with Crippen LogP contribution < -0.4 is 4.74 Å². The van der Waals surface area contributed by atoms with Crippen molar-refractivity contribution in [2.75, 3.05) is 33.5 Å². The zero-order chi connectivity index (χ0) is 13.2. The summed E-state index contributed by atoms with van der Waals surface area (Å²) in [5, 5.41) is 9.96. The molecule has 0 saturated heterocycles. The summed E-state index contributed by atoms with van der Waals surface area (Å²) < 4.78 is 15.5. The lowest BCUT2D eigenvalue weighted by molar-refractivity contribution is 0.0474. The smallest absolute Gasteiger partial charge is 0.137 e. The Bertz CT molecular complexity index is 333. The van der Waals surface area contributed by atoms with Crippen molar-refractivity contribution in [2.45, 2.75) is 19.4 Å². The molecule has 5 heteroatoms. The maximum absolute atomic E-state index is 9.96. The zero-order valence-corrected chi connectivity index (χ0v) is 11.0. The second-order valence-corrected chi connectivity index (χ2v) is 3.80. The Hall–Kier alpha value is -1.17. The van der Waals surface area contributed by atoms with Crippen LogP contribution in [0.1, 0.15) is 25.0 Å². The number of hydrogen-bond donors (Lipinski definition) is 1. The van der Waals surface area contributed by atoms with E-state index in [1.165, 1.54) is 0 Å². The third-order valence-electron chi connectivity index (χ3n) is 2.40. The monoisotopic (exact) mass is 255 g/mol. The highest BCUT2D eigenvalue weighted by Crippen LogP contribution is 2.20. The van der Waals surface area contributed by atoms with E-state index in [0.717, 1.165) is 5.56 Å². The van der Waals surface area contributed by atoms with Crippen LogP contribution in [0.2, 0.25) is 0 Å². The van der Waals surface area contributed by atoms with Crippen molar-refractivity contribution in [2.24, 2.45) is 0 Å². The minimum Gasteiger partial charge on any atom is -0.492 e. The maximum atomic E-state index is 9.96. The van der Waals surface area contributed by atoms with Gasteiger partial charge >= 0.3 is 0 Å². The molecule has 0 aliphatic rings. The van der Waals surface area contributed by atoms with E-state index in [1.807, 2.05) is 6.92 Å². The highest BCUT2D eigenvalue weighted by molar-refractivity contribution is 5.25. The van der Waals surface area contributed by atoms with Crippen molar-refractivity contribution in [1.29, 1.82) is 0 Å². The van der Waals surface area contributed by atoms with Crippen molar-refractivity contribution in [3.8, 4) is 5.75 Å². The fourth-order valence-corrected chi connectivity index (χ4v) is 1.47. The van der Waals surface area contributed by atoms with Crippen molar-refractivity contribution in [1.82, 2.24) is 4.98 Å². The van der Waals surface area contributed by atoms with Crippen molar-refractivity contribution < 1.29 is 19.3 Å². The molecule has 1 aromatic heterocycles. The van der Waals surface area contributed by atoms with Gasteiger partial charge in [-0.25, -0.2) is 0 Å². The summed E-state index contributed by atoms with van der Waals surface area (Å²) in [4.78, 5) is 4.04. The van der Waals surface area contributed by atoms with Crippen LogP contribution in [-0.2, 0) is 9.47 Å². The molecule has 0 saturated carbocycles. The molecule has 1 N–H and O–H groups in total. The highest BCUT2D eigenvalue weighted by Gasteiger charge is 2.09. The second kappa shape index (κ2) is 8.85. The summed E-state index contributed by atoms with van der Waals surface area (Å²) in [6, 6.07) is 1.80. The first kappa shape index (κ1) is 14.9. The van der Waals surface area contributed by atoms with E-state index in [2.05, 4.69) is 4.98 Å². The lowest BCUT2D eigenvalue weighted by Gasteiger charge is -2.12. The van der Waals surface area contributed by atoms with Crippen LogP contribution in [0.25, 0.3) is 0 Å². The first-order valence-corrected chi connectivity index (χ1v) is 6.10. The lowest BCUT2D eigenvalue weighted by atomic mass is 10.1. The topological polar surface area (TPSA) is 60.8 Å². The predicted octanol–water partition coefficient (Wildman–Crippen LogP) is 1.57. The largest absolute Gasteiger partial charge is 0.492 e. The Morgan fingerprint density at radius 1 is 1.28 bits per heavy atom. The van der Waals surface area contributed by atoms with Crippen LogP contribution >= 0.6 is 0 Å². The van der Waals surface area contributed by atoms with Gasteiger partial charge in [0.05, 0.1) is 32.1 Å². The van der Waals surface area contributed by atoms with E-state index in [4.69, 9.17) is 14.2 Å². The molecule has 102 valence electrons. The molecule has 1 unspecified atom stereocenters. The maximum Gasteiger partial charge on any atom is 0.137 e. The minimum atomic E-state index is -0.583. The lowest BCUT2D eigenvalue weighted by Crippen LogP contribution is -2.07. The van der Waals surface area contributed by atoms with Gasteiger partial charge in [0, 0.05) is 31.9 Å². The number of hydrogen-bond acceptors (Lipinski definition) is 5. The number of aliphatic hydroxyl groups is 1. The summed E-state index contributed by atoms with van der Waals surface area (Å²) >= 11 is 0. The molecule has 5 nitrogen and oxygen atoms in total. The predicted molar refractivity (Wildman–Crippen MR) is 67.7 cm³/mol. The van der Waals surface area contributed by atoms with Gasteiger partial charge in [-0.15, -0.1) is 0 Å². The number of nitrogens with zero attached hydrogens (tertiary/aromatic N) is 1. The van der Waals surface area contributed by atoms with Gasteiger partial charge in [-0.2, -0.15) is 0 Å². The molecule has 0 aliphatic heterocycles. The summed E-state index contributed by atoms with van der Waals surface area (Å²) in [6.45, 7) is 4.09. The highest BCUT2D eigenvalue weighted by atomic mass is 16.5. The van der Waals surface area contributed by atoms with Gasteiger partial charge in [-0.3, -0.25) is 4.98 Å². The second-order valence-electron chi connectivity index (χ2n) is 3.80. The van der Waals surface area contributed by atoms with Crippen LogP contribution in [0.3, 0.4) is 0 Å². The van der Waals surface area contributed by atoms with Crippen LogP contribution in [0.4, 0.5) is 0 Å². The molecule has 0 aromatic carbocycles. The number of methoxy groups -OCH3 is 1. The molecule has 0 radical (unpaired) electrons. The summed E-state index contributed by atoms with van der Waals surface area (Å²) in [5.41, 5.74) is 0.747. The Balaban J connectivity index is 2.36. The van der Waals surface area contributed by atoms with Gasteiger partial charge in [0.15, 0.2) is 0 Å². The average Bonchev–Trinajstić information content (AvgIpc) is 2.39. The number of ether oxygens (including phenoxy) is 3. The Morgan fingerprint density at radius 3 is 2.83 bits per heavy atom. The van der Waals surface area contributed by atoms with E-state index in [9.17, 15) is 5.11 Å². The molecule has 0 fully saturated rings. The molecule has 18 heavy (non-hydrogen) atoms. The number of aromatic nitrogens is 1. The van der Waals surface area contributed by atoms with Gasteiger partial charge in [0.2, 0.25) is 0 Å². The fourth-order valence-electron chi connectivity index (χ4n) is 1.47. The van der Waals surface area contributed by atoms with Crippen LogP contribution in [0.15, 0.2) is 18.5 Å². The van der Waals surface area contributed by atoms with Crippen molar-refractivity contribution >= 4 is 0 Å². The molecule has 1 atom stereocenters. The van der Waals surface area contributed by atoms with E-state index in [1.54, 1.807) is 25.6 Å². The molecular weight excluding hydrogens is 234 g/mol. The molecular formula is C13H21NO4. The van der Waals surface area contributed by atoms with Gasteiger partial charge < -0.3 is 19.3 Å². The Labute approximate surface area is 108 Å². The molecule has 0 bridgehead atoms. The average molecular weight is 255 g/mol. The first-order valence-electron chi connectivity index (χ1n) is 6.10. The minimum absolute atomic E-state index is 0.489. The zero-order valence-electron chi connectivity index (χ0n) is 11.0. The van der Waals surface area contributed by atoms with Crippen LogP contribution in [-0.4, -0.2) is 43.6 Å².